The van der Waals surface area contributed by atoms with E-state index in [2.05, 4.69) is 10.2 Å². The zero-order chi connectivity index (χ0) is 15.1. The molecule has 0 spiro atoms. The van der Waals surface area contributed by atoms with Gasteiger partial charge in [-0.25, -0.2) is 0 Å². The molecule has 0 saturated carbocycles. The first-order valence-corrected chi connectivity index (χ1v) is 7.55. The van der Waals surface area contributed by atoms with Crippen LogP contribution in [0.3, 0.4) is 0 Å². The smallest absolute Gasteiger partial charge is 0.236 e. The van der Waals surface area contributed by atoms with Gasteiger partial charge < -0.3 is 9.47 Å². The first kappa shape index (κ1) is 13.9. The molecule has 0 saturated heterocycles. The van der Waals surface area contributed by atoms with E-state index in [1.165, 1.54) is 11.8 Å². The number of hydrogen-bond acceptors (Lipinski definition) is 4. The van der Waals surface area contributed by atoms with E-state index in [0.29, 0.717) is 0 Å². The van der Waals surface area contributed by atoms with Crippen LogP contribution in [0, 0.1) is 0 Å². The van der Waals surface area contributed by atoms with Crippen LogP contribution < -0.4 is 0 Å². The number of imidazole rings is 1. The van der Waals surface area contributed by atoms with E-state index < -0.39 is 0 Å². The number of hydrogen-bond donors (Lipinski definition) is 0. The molecule has 6 nitrogen and oxygen atoms in total. The third kappa shape index (κ3) is 2.17. The van der Waals surface area contributed by atoms with Crippen molar-refractivity contribution >= 4 is 34.5 Å². The van der Waals surface area contributed by atoms with Crippen LogP contribution in [0.4, 0.5) is 0 Å². The Labute approximate surface area is 126 Å². The van der Waals surface area contributed by atoms with Gasteiger partial charge in [-0.3, -0.25) is 9.20 Å². The van der Waals surface area contributed by atoms with E-state index in [1.807, 2.05) is 47.2 Å². The van der Waals surface area contributed by atoms with Gasteiger partial charge in [0.2, 0.25) is 11.7 Å². The first-order valence-electron chi connectivity index (χ1n) is 6.67. The van der Waals surface area contributed by atoms with Crippen molar-refractivity contribution in [2.75, 3.05) is 14.1 Å². The predicted octanol–water partition coefficient (Wildman–Crippen LogP) is 1.79. The van der Waals surface area contributed by atoms with Gasteiger partial charge in [-0.05, 0) is 19.1 Å². The molecule has 0 aliphatic carbocycles. The van der Waals surface area contributed by atoms with Crippen LogP contribution in [0.5, 0.6) is 0 Å². The number of aryl methyl sites for hydroxylation is 1. The van der Waals surface area contributed by atoms with Crippen LogP contribution >= 0.6 is 11.8 Å². The molecule has 2 aromatic heterocycles. The molecule has 0 N–H and O–H groups in total. The molecule has 0 unspecified atom stereocenters. The average molecular weight is 303 g/mol. The number of fused-ring (bicyclic) bond motifs is 3. The van der Waals surface area contributed by atoms with Crippen molar-refractivity contribution in [3.8, 4) is 0 Å². The Morgan fingerprint density at radius 1 is 1.24 bits per heavy atom. The second-order valence-corrected chi connectivity index (χ2v) is 6.47. The SMILES string of the molecule is C[C@@H](Sc1nnc2n(C)c3ccccc3n12)C(=O)N(C)C. The van der Waals surface area contributed by atoms with Crippen molar-refractivity contribution in [1.82, 2.24) is 24.1 Å². The van der Waals surface area contributed by atoms with E-state index >= 15 is 0 Å². The number of amides is 1. The highest BCUT2D eigenvalue weighted by molar-refractivity contribution is 8.00. The van der Waals surface area contributed by atoms with Crippen molar-refractivity contribution in [1.29, 1.82) is 0 Å². The Morgan fingerprint density at radius 2 is 1.90 bits per heavy atom. The van der Waals surface area contributed by atoms with Crippen LogP contribution in [0.15, 0.2) is 29.4 Å². The van der Waals surface area contributed by atoms with Gasteiger partial charge in [-0.15, -0.1) is 10.2 Å². The summed E-state index contributed by atoms with van der Waals surface area (Å²) in [6.07, 6.45) is 0. The third-order valence-electron chi connectivity index (χ3n) is 3.47. The number of para-hydroxylation sites is 2. The molecule has 0 bridgehead atoms. The topological polar surface area (TPSA) is 55.4 Å². The maximum atomic E-state index is 12.0. The molecule has 110 valence electrons. The van der Waals surface area contributed by atoms with Crippen molar-refractivity contribution in [3.05, 3.63) is 24.3 Å². The molecule has 0 aliphatic rings. The van der Waals surface area contributed by atoms with Gasteiger partial charge in [0.25, 0.3) is 0 Å². The molecule has 1 amide bonds. The number of thioether (sulfide) groups is 1. The van der Waals surface area contributed by atoms with Gasteiger partial charge in [0.05, 0.1) is 16.3 Å². The lowest BCUT2D eigenvalue weighted by Crippen LogP contribution is -2.29. The van der Waals surface area contributed by atoms with Crippen LogP contribution in [0.25, 0.3) is 16.8 Å². The predicted molar refractivity (Wildman–Crippen MR) is 83.5 cm³/mol. The van der Waals surface area contributed by atoms with Crippen molar-refractivity contribution in [2.24, 2.45) is 7.05 Å². The second-order valence-electron chi connectivity index (χ2n) is 5.16. The quantitative estimate of drug-likeness (QED) is 0.692. The van der Waals surface area contributed by atoms with Crippen LogP contribution in [-0.4, -0.2) is 49.3 Å². The summed E-state index contributed by atoms with van der Waals surface area (Å²) in [5.74, 6) is 0.847. The Bertz CT molecular complexity index is 819. The van der Waals surface area contributed by atoms with Crippen molar-refractivity contribution in [3.63, 3.8) is 0 Å². The zero-order valence-electron chi connectivity index (χ0n) is 12.4. The minimum absolute atomic E-state index is 0.0667. The molecular formula is C14H17N5OS. The van der Waals surface area contributed by atoms with Gasteiger partial charge in [0.15, 0.2) is 5.16 Å². The lowest BCUT2D eigenvalue weighted by atomic mass is 10.3. The molecule has 3 rings (SSSR count). The van der Waals surface area contributed by atoms with E-state index in [-0.39, 0.29) is 11.2 Å². The summed E-state index contributed by atoms with van der Waals surface area (Å²) in [6, 6.07) is 8.08. The fraction of sp³-hybridized carbons (Fsp3) is 0.357. The zero-order valence-corrected chi connectivity index (χ0v) is 13.3. The summed E-state index contributed by atoms with van der Waals surface area (Å²) >= 11 is 1.43. The Balaban J connectivity index is 2.08. The van der Waals surface area contributed by atoms with E-state index in [9.17, 15) is 4.79 Å². The van der Waals surface area contributed by atoms with Gasteiger partial charge in [0.1, 0.15) is 0 Å². The normalized spacial score (nSPS) is 13.0. The van der Waals surface area contributed by atoms with E-state index in [1.54, 1.807) is 19.0 Å². The number of aromatic nitrogens is 4. The number of carbonyl (C=O) groups excluding carboxylic acids is 1. The highest BCUT2D eigenvalue weighted by atomic mass is 32.2. The molecule has 0 radical (unpaired) electrons. The van der Waals surface area contributed by atoms with Gasteiger partial charge in [0, 0.05) is 21.1 Å². The molecule has 7 heteroatoms. The maximum Gasteiger partial charge on any atom is 0.236 e. The summed E-state index contributed by atoms with van der Waals surface area (Å²) < 4.78 is 4.00. The Morgan fingerprint density at radius 3 is 2.57 bits per heavy atom. The van der Waals surface area contributed by atoms with E-state index in [0.717, 1.165) is 22.0 Å². The van der Waals surface area contributed by atoms with Crippen molar-refractivity contribution in [2.45, 2.75) is 17.3 Å². The summed E-state index contributed by atoms with van der Waals surface area (Å²) in [4.78, 5) is 13.6. The highest BCUT2D eigenvalue weighted by Crippen LogP contribution is 2.27. The molecule has 0 aliphatic heterocycles. The summed E-state index contributed by atoms with van der Waals surface area (Å²) in [6.45, 7) is 1.89. The number of benzene rings is 1. The van der Waals surface area contributed by atoms with Crippen LogP contribution in [0.2, 0.25) is 0 Å². The Kier molecular flexibility index (Phi) is 3.36. The molecule has 1 atom stereocenters. The Hall–Kier alpha value is -2.02. The molecule has 3 aromatic rings. The highest BCUT2D eigenvalue weighted by Gasteiger charge is 2.21. The standard InChI is InChI=1S/C14H17N5OS/c1-9(12(20)17(2)3)21-14-16-15-13-18(4)10-7-5-6-8-11(10)19(13)14/h5-9H,1-4H3/t9-/m1/s1. The molecule has 0 fully saturated rings. The van der Waals surface area contributed by atoms with Crippen LogP contribution in [-0.2, 0) is 11.8 Å². The molecular weight excluding hydrogens is 286 g/mol. The fourth-order valence-corrected chi connectivity index (χ4v) is 3.38. The van der Waals surface area contributed by atoms with Gasteiger partial charge in [-0.2, -0.15) is 0 Å². The number of nitrogens with zero attached hydrogens (tertiary/aromatic N) is 5. The summed E-state index contributed by atoms with van der Waals surface area (Å²) in [5, 5.41) is 9.01. The summed E-state index contributed by atoms with van der Waals surface area (Å²) in [7, 11) is 5.49. The van der Waals surface area contributed by atoms with Gasteiger partial charge in [-0.1, -0.05) is 23.9 Å². The van der Waals surface area contributed by atoms with Crippen molar-refractivity contribution < 1.29 is 4.79 Å². The van der Waals surface area contributed by atoms with E-state index in [4.69, 9.17) is 0 Å². The number of rotatable bonds is 3. The lowest BCUT2D eigenvalue weighted by Gasteiger charge is -2.15. The molecule has 2 heterocycles. The first-order chi connectivity index (χ1) is 10.0. The van der Waals surface area contributed by atoms with Gasteiger partial charge >= 0.3 is 0 Å². The fourth-order valence-electron chi connectivity index (χ4n) is 2.38. The maximum absolute atomic E-state index is 12.0. The number of carbonyl (C=O) groups is 1. The average Bonchev–Trinajstić information content (AvgIpc) is 3.00. The molecule has 21 heavy (non-hydrogen) atoms. The third-order valence-corrected chi connectivity index (χ3v) is 4.50. The lowest BCUT2D eigenvalue weighted by molar-refractivity contribution is -0.127. The summed E-state index contributed by atoms with van der Waals surface area (Å²) in [5.41, 5.74) is 2.14. The minimum Gasteiger partial charge on any atom is -0.348 e. The second kappa shape index (κ2) is 5.07. The largest absolute Gasteiger partial charge is 0.348 e. The van der Waals surface area contributed by atoms with Crippen LogP contribution in [0.1, 0.15) is 6.92 Å². The molecule has 1 aromatic carbocycles. The monoisotopic (exact) mass is 303 g/mol. The minimum atomic E-state index is -0.202.